The average Bonchev–Trinajstić information content (AvgIpc) is 3.66. The fourth-order valence-corrected chi connectivity index (χ4v) is 7.11. The van der Waals surface area contributed by atoms with Crippen LogP contribution in [0.3, 0.4) is 0 Å². The van der Waals surface area contributed by atoms with Crippen molar-refractivity contribution in [3.05, 3.63) is 152 Å². The molecule has 3 nitrogen and oxygen atoms in total. The van der Waals surface area contributed by atoms with Crippen molar-refractivity contribution in [3.63, 3.8) is 0 Å². The van der Waals surface area contributed by atoms with E-state index < -0.39 is 0 Å². The summed E-state index contributed by atoms with van der Waals surface area (Å²) in [7, 11) is 0. The Morgan fingerprint density at radius 2 is 0.956 bits per heavy atom. The highest BCUT2D eigenvalue weighted by Gasteiger charge is 2.11. The van der Waals surface area contributed by atoms with Crippen LogP contribution in [0.15, 0.2) is 170 Å². The molecule has 0 bridgehead atoms. The normalized spacial score (nSPS) is 11.6. The van der Waals surface area contributed by atoms with E-state index >= 15 is 0 Å². The molecule has 6 aromatic carbocycles. The van der Waals surface area contributed by atoms with E-state index in [1.54, 1.807) is 11.8 Å². The van der Waals surface area contributed by atoms with Gasteiger partial charge in [-0.05, 0) is 106 Å². The van der Waals surface area contributed by atoms with Gasteiger partial charge < -0.3 is 8.83 Å². The Balaban J connectivity index is 1.00. The summed E-state index contributed by atoms with van der Waals surface area (Å²) >= 11 is 1.78. The molecular formula is C41H25NO2S. The van der Waals surface area contributed by atoms with Crippen molar-refractivity contribution in [2.24, 2.45) is 0 Å². The van der Waals surface area contributed by atoms with Crippen molar-refractivity contribution in [3.8, 4) is 33.4 Å². The summed E-state index contributed by atoms with van der Waals surface area (Å²) in [6, 6.07) is 51.1. The standard InChI is InChI=1S/C41H25NO2S/c1-2-14-37-34(13-1)35-18-16-31(25-40(35)44-37)29-10-5-12-33(23-29)45-32-11-4-9-28(22-32)26-7-3-8-27(21-26)30-17-19-38-36(24-30)41-39(43-38)15-6-20-42-41/h1-25H. The Morgan fingerprint density at radius 3 is 1.76 bits per heavy atom. The highest BCUT2D eigenvalue weighted by molar-refractivity contribution is 7.99. The number of nitrogens with zero attached hydrogens (tertiary/aromatic N) is 1. The molecular weight excluding hydrogens is 571 g/mol. The first kappa shape index (κ1) is 25.9. The zero-order valence-electron chi connectivity index (χ0n) is 24.1. The molecule has 0 aliphatic carbocycles. The highest BCUT2D eigenvalue weighted by atomic mass is 32.2. The number of hydrogen-bond donors (Lipinski definition) is 0. The van der Waals surface area contributed by atoms with Crippen LogP contribution < -0.4 is 0 Å². The molecule has 0 saturated carbocycles. The van der Waals surface area contributed by atoms with Gasteiger partial charge in [0.25, 0.3) is 0 Å². The van der Waals surface area contributed by atoms with E-state index in [-0.39, 0.29) is 0 Å². The van der Waals surface area contributed by atoms with E-state index in [2.05, 4.69) is 120 Å². The third-order valence-electron chi connectivity index (χ3n) is 8.37. The van der Waals surface area contributed by atoms with Gasteiger partial charge in [0.2, 0.25) is 0 Å². The first-order valence-corrected chi connectivity index (χ1v) is 15.7. The van der Waals surface area contributed by atoms with Crippen LogP contribution in [0.25, 0.3) is 77.4 Å². The molecule has 212 valence electrons. The molecule has 45 heavy (non-hydrogen) atoms. The largest absolute Gasteiger partial charge is 0.456 e. The average molecular weight is 596 g/mol. The molecule has 0 aliphatic heterocycles. The van der Waals surface area contributed by atoms with Crippen LogP contribution in [0.2, 0.25) is 0 Å². The SMILES string of the molecule is c1cc(Sc2cccc(-c3ccc4c(c3)oc3ccccc34)c2)cc(-c2cccc(-c3ccc4oc5cccnc5c4c3)c2)c1. The summed E-state index contributed by atoms with van der Waals surface area (Å²) in [5.74, 6) is 0. The summed E-state index contributed by atoms with van der Waals surface area (Å²) in [5, 5.41) is 3.33. The molecule has 0 unspecified atom stereocenters. The Morgan fingerprint density at radius 1 is 0.378 bits per heavy atom. The lowest BCUT2D eigenvalue weighted by Crippen LogP contribution is -1.83. The van der Waals surface area contributed by atoms with Crippen molar-refractivity contribution in [2.75, 3.05) is 0 Å². The predicted molar refractivity (Wildman–Crippen MR) is 186 cm³/mol. The van der Waals surface area contributed by atoms with Gasteiger partial charge in [0.1, 0.15) is 22.3 Å². The fourth-order valence-electron chi connectivity index (χ4n) is 6.18. The molecule has 0 aliphatic rings. The molecule has 0 atom stereocenters. The van der Waals surface area contributed by atoms with Crippen LogP contribution in [-0.2, 0) is 0 Å². The van der Waals surface area contributed by atoms with E-state index in [1.807, 2.05) is 36.5 Å². The molecule has 9 rings (SSSR count). The van der Waals surface area contributed by atoms with Crippen molar-refractivity contribution in [2.45, 2.75) is 9.79 Å². The topological polar surface area (TPSA) is 39.2 Å². The molecule has 0 amide bonds. The second kappa shape index (κ2) is 10.5. The minimum atomic E-state index is 0.811. The molecule has 0 saturated heterocycles. The van der Waals surface area contributed by atoms with E-state index in [9.17, 15) is 0 Å². The fraction of sp³-hybridized carbons (Fsp3) is 0. The van der Waals surface area contributed by atoms with Gasteiger partial charge in [-0.15, -0.1) is 0 Å². The predicted octanol–water partition coefficient (Wildman–Crippen LogP) is 12.0. The van der Waals surface area contributed by atoms with Crippen LogP contribution in [0.5, 0.6) is 0 Å². The number of pyridine rings is 1. The molecule has 0 N–H and O–H groups in total. The number of aromatic nitrogens is 1. The molecule has 4 heteroatoms. The molecule has 0 radical (unpaired) electrons. The molecule has 9 aromatic rings. The number of fused-ring (bicyclic) bond motifs is 6. The van der Waals surface area contributed by atoms with Gasteiger partial charge >= 0.3 is 0 Å². The minimum absolute atomic E-state index is 0.811. The molecule has 3 aromatic heterocycles. The van der Waals surface area contributed by atoms with Crippen LogP contribution in [-0.4, -0.2) is 4.98 Å². The van der Waals surface area contributed by atoms with Crippen LogP contribution in [0.1, 0.15) is 0 Å². The van der Waals surface area contributed by atoms with E-state index in [4.69, 9.17) is 8.83 Å². The Labute approximate surface area is 263 Å². The summed E-state index contributed by atoms with van der Waals surface area (Å²) in [6.45, 7) is 0. The van der Waals surface area contributed by atoms with Crippen molar-refractivity contribution in [1.82, 2.24) is 4.98 Å². The first-order chi connectivity index (χ1) is 22.2. The van der Waals surface area contributed by atoms with Crippen LogP contribution >= 0.6 is 11.8 Å². The van der Waals surface area contributed by atoms with Crippen molar-refractivity contribution >= 4 is 55.8 Å². The Hall–Kier alpha value is -5.58. The first-order valence-electron chi connectivity index (χ1n) is 14.9. The Kier molecular flexibility index (Phi) is 6.06. The van der Waals surface area contributed by atoms with E-state index in [0.717, 1.165) is 60.7 Å². The summed E-state index contributed by atoms with van der Waals surface area (Å²) in [4.78, 5) is 6.94. The van der Waals surface area contributed by atoms with Gasteiger partial charge in [0.05, 0.1) is 0 Å². The maximum absolute atomic E-state index is 6.15. The number of para-hydroxylation sites is 1. The van der Waals surface area contributed by atoms with Gasteiger partial charge in [0, 0.05) is 32.1 Å². The summed E-state index contributed by atoms with van der Waals surface area (Å²) in [6.07, 6.45) is 1.81. The molecule has 0 spiro atoms. The minimum Gasteiger partial charge on any atom is -0.456 e. The quantitative estimate of drug-likeness (QED) is 0.198. The molecule has 0 fully saturated rings. The smallest absolute Gasteiger partial charge is 0.153 e. The van der Waals surface area contributed by atoms with Gasteiger partial charge in [-0.2, -0.15) is 0 Å². The van der Waals surface area contributed by atoms with E-state index in [1.165, 1.54) is 26.5 Å². The van der Waals surface area contributed by atoms with E-state index in [0.29, 0.717) is 0 Å². The lowest BCUT2D eigenvalue weighted by molar-refractivity contribution is 0.668. The van der Waals surface area contributed by atoms with Gasteiger partial charge in [0.15, 0.2) is 5.58 Å². The maximum atomic E-state index is 6.15. The zero-order chi connectivity index (χ0) is 29.7. The summed E-state index contributed by atoms with van der Waals surface area (Å²) < 4.78 is 12.1. The molecule has 3 heterocycles. The van der Waals surface area contributed by atoms with Crippen molar-refractivity contribution < 1.29 is 8.83 Å². The Bertz CT molecular complexity index is 2540. The van der Waals surface area contributed by atoms with Crippen LogP contribution in [0, 0.1) is 0 Å². The van der Waals surface area contributed by atoms with Gasteiger partial charge in [-0.1, -0.05) is 84.6 Å². The maximum Gasteiger partial charge on any atom is 0.153 e. The zero-order valence-corrected chi connectivity index (χ0v) is 24.9. The lowest BCUT2D eigenvalue weighted by atomic mass is 9.98. The van der Waals surface area contributed by atoms with Gasteiger partial charge in [-0.3, -0.25) is 4.98 Å². The second-order valence-electron chi connectivity index (χ2n) is 11.2. The number of hydrogen-bond acceptors (Lipinski definition) is 4. The second-order valence-corrected chi connectivity index (χ2v) is 12.4. The van der Waals surface area contributed by atoms with Crippen molar-refractivity contribution in [1.29, 1.82) is 0 Å². The summed E-state index contributed by atoms with van der Waals surface area (Å²) in [5.41, 5.74) is 11.4. The van der Waals surface area contributed by atoms with Gasteiger partial charge in [-0.25, -0.2) is 0 Å². The number of furan rings is 2. The lowest BCUT2D eigenvalue weighted by Gasteiger charge is -2.09. The highest BCUT2D eigenvalue weighted by Crippen LogP contribution is 2.37. The third kappa shape index (κ3) is 4.67. The third-order valence-corrected chi connectivity index (χ3v) is 9.35. The van der Waals surface area contributed by atoms with Crippen LogP contribution in [0.4, 0.5) is 0 Å². The number of rotatable bonds is 5. The number of benzene rings is 6. The monoisotopic (exact) mass is 595 g/mol.